The number of aryl methyl sites for hydroxylation is 1. The SMILES string of the molecule is Cc1cc(Cn2c(=O)c3c(ncn3Cc3ccco3)n(Cc3ccccc3)c2=O)on1. The Morgan fingerprint density at radius 1 is 0.935 bits per heavy atom. The van der Waals surface area contributed by atoms with Gasteiger partial charge in [0.15, 0.2) is 16.9 Å². The molecule has 0 radical (unpaired) electrons. The molecule has 4 heterocycles. The molecular weight excluding hydrogens is 398 g/mol. The first-order chi connectivity index (χ1) is 15.1. The van der Waals surface area contributed by atoms with E-state index in [2.05, 4.69) is 10.1 Å². The molecule has 0 saturated heterocycles. The van der Waals surface area contributed by atoms with E-state index < -0.39 is 11.2 Å². The van der Waals surface area contributed by atoms with Crippen LogP contribution >= 0.6 is 0 Å². The molecule has 0 aliphatic carbocycles. The number of benzene rings is 1. The fraction of sp³-hybridized carbons (Fsp3) is 0.182. The minimum Gasteiger partial charge on any atom is -0.467 e. The summed E-state index contributed by atoms with van der Waals surface area (Å²) in [4.78, 5) is 31.1. The minimum atomic E-state index is -0.460. The fourth-order valence-electron chi connectivity index (χ4n) is 3.62. The molecule has 0 bridgehead atoms. The van der Waals surface area contributed by atoms with Crippen LogP contribution in [-0.4, -0.2) is 23.8 Å². The van der Waals surface area contributed by atoms with Crippen LogP contribution in [0.25, 0.3) is 11.2 Å². The second kappa shape index (κ2) is 7.60. The van der Waals surface area contributed by atoms with Gasteiger partial charge in [-0.3, -0.25) is 13.9 Å². The number of aromatic nitrogens is 5. The van der Waals surface area contributed by atoms with Crippen molar-refractivity contribution in [2.24, 2.45) is 0 Å². The Kier molecular flexibility index (Phi) is 4.62. The molecule has 0 aliphatic heterocycles. The van der Waals surface area contributed by atoms with Crippen LogP contribution in [0.15, 0.2) is 79.7 Å². The summed E-state index contributed by atoms with van der Waals surface area (Å²) in [5.74, 6) is 1.11. The quantitative estimate of drug-likeness (QED) is 0.421. The molecule has 0 atom stereocenters. The maximum Gasteiger partial charge on any atom is 0.333 e. The lowest BCUT2D eigenvalue weighted by molar-refractivity contribution is 0.368. The molecule has 5 rings (SSSR count). The summed E-state index contributed by atoms with van der Waals surface area (Å²) in [5.41, 5.74) is 1.35. The average Bonchev–Trinajstić information content (AvgIpc) is 3.52. The van der Waals surface area contributed by atoms with Crippen LogP contribution in [-0.2, 0) is 19.6 Å². The Bertz CT molecular complexity index is 1460. The summed E-state index contributed by atoms with van der Waals surface area (Å²) in [7, 11) is 0. The molecule has 5 aromatic rings. The normalized spacial score (nSPS) is 11.4. The average molecular weight is 417 g/mol. The largest absolute Gasteiger partial charge is 0.467 e. The zero-order valence-electron chi connectivity index (χ0n) is 16.8. The number of rotatable bonds is 6. The molecule has 0 N–H and O–H groups in total. The smallest absolute Gasteiger partial charge is 0.333 e. The maximum absolute atomic E-state index is 13.4. The van der Waals surface area contributed by atoms with Crippen molar-refractivity contribution in [1.29, 1.82) is 0 Å². The summed E-state index contributed by atoms with van der Waals surface area (Å²) in [6, 6.07) is 14.9. The van der Waals surface area contributed by atoms with E-state index in [-0.39, 0.29) is 13.1 Å². The van der Waals surface area contributed by atoms with Crippen molar-refractivity contribution >= 4 is 11.2 Å². The molecule has 1 aromatic carbocycles. The molecular formula is C22H19N5O4. The first kappa shape index (κ1) is 18.9. The zero-order chi connectivity index (χ0) is 21.4. The first-order valence-electron chi connectivity index (χ1n) is 9.77. The predicted octanol–water partition coefficient (Wildman–Crippen LogP) is 2.39. The van der Waals surface area contributed by atoms with Crippen molar-refractivity contribution < 1.29 is 8.94 Å². The van der Waals surface area contributed by atoms with Crippen molar-refractivity contribution in [2.45, 2.75) is 26.6 Å². The molecule has 9 heteroatoms. The highest BCUT2D eigenvalue weighted by atomic mass is 16.5. The first-order valence-corrected chi connectivity index (χ1v) is 9.77. The lowest BCUT2D eigenvalue weighted by Crippen LogP contribution is -2.41. The number of imidazole rings is 1. The van der Waals surface area contributed by atoms with E-state index >= 15 is 0 Å². The summed E-state index contributed by atoms with van der Waals surface area (Å²) < 4.78 is 15.0. The molecule has 4 aromatic heterocycles. The van der Waals surface area contributed by atoms with E-state index in [9.17, 15) is 9.59 Å². The second-order valence-electron chi connectivity index (χ2n) is 7.30. The molecule has 0 unspecified atom stereocenters. The van der Waals surface area contributed by atoms with Crippen LogP contribution in [0, 0.1) is 6.92 Å². The Morgan fingerprint density at radius 3 is 2.48 bits per heavy atom. The monoisotopic (exact) mass is 417 g/mol. The van der Waals surface area contributed by atoms with Crippen molar-refractivity contribution in [3.8, 4) is 0 Å². The summed E-state index contributed by atoms with van der Waals surface area (Å²) in [6.45, 7) is 2.37. The summed E-state index contributed by atoms with van der Waals surface area (Å²) in [5, 5.41) is 3.85. The molecule has 156 valence electrons. The van der Waals surface area contributed by atoms with Gasteiger partial charge in [0.25, 0.3) is 5.56 Å². The predicted molar refractivity (Wildman–Crippen MR) is 112 cm³/mol. The van der Waals surface area contributed by atoms with E-state index in [0.717, 1.165) is 10.1 Å². The minimum absolute atomic E-state index is 0.0187. The van der Waals surface area contributed by atoms with Gasteiger partial charge in [-0.25, -0.2) is 9.78 Å². The van der Waals surface area contributed by atoms with E-state index in [1.807, 2.05) is 36.4 Å². The van der Waals surface area contributed by atoms with Gasteiger partial charge in [-0.1, -0.05) is 35.5 Å². The summed E-state index contributed by atoms with van der Waals surface area (Å²) >= 11 is 0. The molecule has 0 amide bonds. The van der Waals surface area contributed by atoms with Gasteiger partial charge in [-0.2, -0.15) is 0 Å². The lowest BCUT2D eigenvalue weighted by Gasteiger charge is -2.12. The van der Waals surface area contributed by atoms with Crippen molar-refractivity contribution in [3.63, 3.8) is 0 Å². The Labute approximate surface area is 175 Å². The third-order valence-corrected chi connectivity index (χ3v) is 5.06. The second-order valence-corrected chi connectivity index (χ2v) is 7.30. The van der Waals surface area contributed by atoms with Crippen LogP contribution in [0.1, 0.15) is 22.8 Å². The third-order valence-electron chi connectivity index (χ3n) is 5.06. The lowest BCUT2D eigenvalue weighted by atomic mass is 10.2. The van der Waals surface area contributed by atoms with Crippen LogP contribution < -0.4 is 11.2 Å². The van der Waals surface area contributed by atoms with Gasteiger partial charge >= 0.3 is 5.69 Å². The van der Waals surface area contributed by atoms with E-state index in [4.69, 9.17) is 8.94 Å². The highest BCUT2D eigenvalue weighted by Crippen LogP contribution is 2.13. The van der Waals surface area contributed by atoms with Gasteiger partial charge in [0.05, 0.1) is 37.9 Å². The van der Waals surface area contributed by atoms with Gasteiger partial charge in [0.1, 0.15) is 5.76 Å². The standard InChI is InChI=1S/C22H19N5O4/c1-15-10-18(31-24-15)13-27-21(28)19-20(23-14-25(19)12-17-8-5-9-30-17)26(22(27)29)11-16-6-3-2-4-7-16/h2-10,14H,11-13H2,1H3. The van der Waals surface area contributed by atoms with Gasteiger partial charge in [-0.15, -0.1) is 0 Å². The van der Waals surface area contributed by atoms with Crippen molar-refractivity contribution in [1.82, 2.24) is 23.8 Å². The third kappa shape index (κ3) is 3.50. The van der Waals surface area contributed by atoms with E-state index in [1.54, 1.807) is 36.2 Å². The molecule has 0 aliphatic rings. The van der Waals surface area contributed by atoms with Crippen molar-refractivity contribution in [2.75, 3.05) is 0 Å². The Hall–Kier alpha value is -4.14. The van der Waals surface area contributed by atoms with Crippen LogP contribution in [0.2, 0.25) is 0 Å². The molecule has 0 spiro atoms. The van der Waals surface area contributed by atoms with Gasteiger partial charge in [-0.05, 0) is 24.6 Å². The molecule has 31 heavy (non-hydrogen) atoms. The molecule has 0 saturated carbocycles. The zero-order valence-corrected chi connectivity index (χ0v) is 16.8. The molecule has 0 fully saturated rings. The number of hydrogen-bond donors (Lipinski definition) is 0. The number of hydrogen-bond acceptors (Lipinski definition) is 6. The number of furan rings is 1. The number of fused-ring (bicyclic) bond motifs is 1. The fourth-order valence-corrected chi connectivity index (χ4v) is 3.62. The summed E-state index contributed by atoms with van der Waals surface area (Å²) in [6.07, 6.45) is 3.13. The van der Waals surface area contributed by atoms with Gasteiger partial charge in [0.2, 0.25) is 0 Å². The van der Waals surface area contributed by atoms with E-state index in [0.29, 0.717) is 34.9 Å². The van der Waals surface area contributed by atoms with Gasteiger partial charge in [0, 0.05) is 6.07 Å². The van der Waals surface area contributed by atoms with Crippen LogP contribution in [0.4, 0.5) is 0 Å². The van der Waals surface area contributed by atoms with Gasteiger partial charge < -0.3 is 13.5 Å². The molecule has 9 nitrogen and oxygen atoms in total. The van der Waals surface area contributed by atoms with Crippen LogP contribution in [0.3, 0.4) is 0 Å². The highest BCUT2D eigenvalue weighted by molar-refractivity contribution is 5.70. The Morgan fingerprint density at radius 2 is 1.77 bits per heavy atom. The topological polar surface area (TPSA) is 101 Å². The van der Waals surface area contributed by atoms with Crippen LogP contribution in [0.5, 0.6) is 0 Å². The number of nitrogens with zero attached hydrogens (tertiary/aromatic N) is 5. The van der Waals surface area contributed by atoms with E-state index in [1.165, 1.54) is 4.57 Å². The maximum atomic E-state index is 13.4. The van der Waals surface area contributed by atoms with Crippen molar-refractivity contribution in [3.05, 3.63) is 105 Å². The Balaban J connectivity index is 1.70. The highest BCUT2D eigenvalue weighted by Gasteiger charge is 2.20.